The number of rotatable bonds is 4. The van der Waals surface area contributed by atoms with Crippen molar-refractivity contribution in [2.75, 3.05) is 19.4 Å². The predicted molar refractivity (Wildman–Crippen MR) is 78.6 cm³/mol. The van der Waals surface area contributed by atoms with Crippen LogP contribution in [0.3, 0.4) is 0 Å². The van der Waals surface area contributed by atoms with Gasteiger partial charge < -0.3 is 10.2 Å². The highest BCUT2D eigenvalue weighted by molar-refractivity contribution is 5.93. The largest absolute Gasteiger partial charge is 0.373 e. The lowest BCUT2D eigenvalue weighted by molar-refractivity contribution is 0.0783. The van der Waals surface area contributed by atoms with Gasteiger partial charge in [-0.25, -0.2) is 4.98 Å². The Morgan fingerprint density at radius 1 is 1.30 bits per heavy atom. The Bertz CT molecular complexity index is 595. The lowest BCUT2D eigenvalue weighted by atomic mass is 10.2. The van der Waals surface area contributed by atoms with Crippen molar-refractivity contribution in [2.45, 2.75) is 13.5 Å². The number of carbonyl (C=O) groups excluding carboxylic acids is 1. The van der Waals surface area contributed by atoms with Gasteiger partial charge in [-0.05, 0) is 31.2 Å². The van der Waals surface area contributed by atoms with Crippen molar-refractivity contribution in [3.05, 3.63) is 53.5 Å². The van der Waals surface area contributed by atoms with Gasteiger partial charge in [-0.3, -0.25) is 9.78 Å². The van der Waals surface area contributed by atoms with Crippen molar-refractivity contribution in [3.8, 4) is 0 Å². The lowest BCUT2D eigenvalue weighted by Gasteiger charge is -2.17. The van der Waals surface area contributed by atoms with Crippen molar-refractivity contribution in [2.24, 2.45) is 0 Å². The summed E-state index contributed by atoms with van der Waals surface area (Å²) in [6, 6.07) is 9.34. The first kappa shape index (κ1) is 14.0. The van der Waals surface area contributed by atoms with Gasteiger partial charge in [-0.1, -0.05) is 6.07 Å². The number of aromatic nitrogens is 2. The molecule has 0 aliphatic rings. The Morgan fingerprint density at radius 2 is 2.10 bits per heavy atom. The molecule has 0 aromatic carbocycles. The van der Waals surface area contributed by atoms with Crippen LogP contribution in [0.2, 0.25) is 0 Å². The first-order chi connectivity index (χ1) is 9.60. The second kappa shape index (κ2) is 6.14. The number of anilines is 1. The highest BCUT2D eigenvalue weighted by Gasteiger charge is 2.13. The van der Waals surface area contributed by atoms with Crippen LogP contribution in [-0.4, -0.2) is 34.9 Å². The zero-order valence-corrected chi connectivity index (χ0v) is 11.9. The van der Waals surface area contributed by atoms with Crippen LogP contribution in [0.5, 0.6) is 0 Å². The molecule has 5 heteroatoms. The molecule has 0 bridgehead atoms. The third-order valence-electron chi connectivity index (χ3n) is 2.96. The number of pyridine rings is 2. The molecule has 2 aromatic rings. The second-order valence-corrected chi connectivity index (χ2v) is 4.61. The van der Waals surface area contributed by atoms with Crippen LogP contribution >= 0.6 is 0 Å². The Morgan fingerprint density at radius 3 is 2.70 bits per heavy atom. The van der Waals surface area contributed by atoms with Crippen molar-refractivity contribution in [3.63, 3.8) is 0 Å². The van der Waals surface area contributed by atoms with Crippen LogP contribution in [0.4, 0.5) is 5.82 Å². The monoisotopic (exact) mass is 270 g/mol. The molecule has 0 radical (unpaired) electrons. The third-order valence-corrected chi connectivity index (χ3v) is 2.96. The van der Waals surface area contributed by atoms with E-state index < -0.39 is 0 Å². The van der Waals surface area contributed by atoms with Gasteiger partial charge in [0.1, 0.15) is 5.82 Å². The number of nitrogens with zero attached hydrogens (tertiary/aromatic N) is 3. The van der Waals surface area contributed by atoms with E-state index in [0.29, 0.717) is 12.1 Å². The molecule has 20 heavy (non-hydrogen) atoms. The molecule has 0 atom stereocenters. The van der Waals surface area contributed by atoms with Gasteiger partial charge in [0.15, 0.2) is 0 Å². The van der Waals surface area contributed by atoms with E-state index in [1.807, 2.05) is 25.1 Å². The summed E-state index contributed by atoms with van der Waals surface area (Å²) >= 11 is 0. The first-order valence-corrected chi connectivity index (χ1v) is 6.42. The van der Waals surface area contributed by atoms with E-state index in [4.69, 9.17) is 0 Å². The van der Waals surface area contributed by atoms with E-state index in [1.165, 1.54) is 0 Å². The van der Waals surface area contributed by atoms with Gasteiger partial charge in [0.05, 0.1) is 17.8 Å². The van der Waals surface area contributed by atoms with Crippen LogP contribution < -0.4 is 5.32 Å². The minimum atomic E-state index is -0.0662. The van der Waals surface area contributed by atoms with Crippen LogP contribution in [0.1, 0.15) is 21.7 Å². The number of aryl methyl sites for hydroxylation is 1. The fourth-order valence-corrected chi connectivity index (χ4v) is 1.89. The maximum Gasteiger partial charge on any atom is 0.255 e. The normalized spacial score (nSPS) is 10.2. The standard InChI is InChI=1S/C15H18N4O/c1-11-5-4-6-13(18-11)10-19(3)15(20)12-7-8-14(16-2)17-9-12/h4-9H,10H2,1-3H3,(H,16,17). The second-order valence-electron chi connectivity index (χ2n) is 4.61. The minimum Gasteiger partial charge on any atom is -0.373 e. The highest BCUT2D eigenvalue weighted by Crippen LogP contribution is 2.09. The SMILES string of the molecule is CNc1ccc(C(=O)N(C)Cc2cccc(C)n2)cn1. The van der Waals surface area contributed by atoms with Gasteiger partial charge in [0.25, 0.3) is 5.91 Å². The molecule has 0 aliphatic heterocycles. The van der Waals surface area contributed by atoms with E-state index in [-0.39, 0.29) is 5.91 Å². The first-order valence-electron chi connectivity index (χ1n) is 6.42. The number of hydrogen-bond acceptors (Lipinski definition) is 4. The summed E-state index contributed by atoms with van der Waals surface area (Å²) in [5, 5.41) is 2.92. The number of nitrogens with one attached hydrogen (secondary N) is 1. The molecule has 5 nitrogen and oxygen atoms in total. The summed E-state index contributed by atoms with van der Waals surface area (Å²) in [5.74, 6) is 0.674. The summed E-state index contributed by atoms with van der Waals surface area (Å²) in [6.07, 6.45) is 1.58. The van der Waals surface area contributed by atoms with Gasteiger partial charge >= 0.3 is 0 Å². The Kier molecular flexibility index (Phi) is 4.30. The van der Waals surface area contributed by atoms with Crippen molar-refractivity contribution in [1.82, 2.24) is 14.9 Å². The molecule has 0 saturated heterocycles. The summed E-state index contributed by atoms with van der Waals surface area (Å²) in [7, 11) is 3.55. The van der Waals surface area contributed by atoms with Crippen LogP contribution in [0.15, 0.2) is 36.5 Å². The molecule has 0 saturated carbocycles. The van der Waals surface area contributed by atoms with E-state index in [0.717, 1.165) is 17.2 Å². The number of carbonyl (C=O) groups is 1. The summed E-state index contributed by atoms with van der Waals surface area (Å²) in [6.45, 7) is 2.42. The quantitative estimate of drug-likeness (QED) is 0.924. The zero-order valence-electron chi connectivity index (χ0n) is 11.9. The van der Waals surface area contributed by atoms with Crippen molar-refractivity contribution >= 4 is 11.7 Å². The molecule has 1 N–H and O–H groups in total. The molecule has 2 rings (SSSR count). The van der Waals surface area contributed by atoms with Crippen molar-refractivity contribution in [1.29, 1.82) is 0 Å². The highest BCUT2D eigenvalue weighted by atomic mass is 16.2. The Balaban J connectivity index is 2.07. The smallest absolute Gasteiger partial charge is 0.255 e. The van der Waals surface area contributed by atoms with Gasteiger partial charge in [-0.2, -0.15) is 0 Å². The minimum absolute atomic E-state index is 0.0662. The van der Waals surface area contributed by atoms with E-state index in [2.05, 4.69) is 15.3 Å². The Hall–Kier alpha value is -2.43. The van der Waals surface area contributed by atoms with Gasteiger partial charge in [-0.15, -0.1) is 0 Å². The molecule has 0 aliphatic carbocycles. The van der Waals surface area contributed by atoms with Crippen LogP contribution in [0.25, 0.3) is 0 Å². The molecule has 2 aromatic heterocycles. The van der Waals surface area contributed by atoms with Crippen LogP contribution in [0, 0.1) is 6.92 Å². The maximum atomic E-state index is 12.3. The summed E-state index contributed by atoms with van der Waals surface area (Å²) in [5.41, 5.74) is 2.39. The van der Waals surface area contributed by atoms with E-state index in [9.17, 15) is 4.79 Å². The molecule has 1 amide bonds. The molecule has 0 fully saturated rings. The van der Waals surface area contributed by atoms with E-state index >= 15 is 0 Å². The van der Waals surface area contributed by atoms with Gasteiger partial charge in [0, 0.05) is 26.0 Å². The fourth-order valence-electron chi connectivity index (χ4n) is 1.89. The fraction of sp³-hybridized carbons (Fsp3) is 0.267. The molecule has 2 heterocycles. The van der Waals surface area contributed by atoms with Crippen molar-refractivity contribution < 1.29 is 4.79 Å². The molecular formula is C15H18N4O. The average molecular weight is 270 g/mol. The third kappa shape index (κ3) is 3.32. The topological polar surface area (TPSA) is 58.1 Å². The van der Waals surface area contributed by atoms with Gasteiger partial charge in [0.2, 0.25) is 0 Å². The average Bonchev–Trinajstić information content (AvgIpc) is 2.46. The summed E-state index contributed by atoms with van der Waals surface area (Å²) < 4.78 is 0. The van der Waals surface area contributed by atoms with E-state index in [1.54, 1.807) is 37.3 Å². The number of hydrogen-bond donors (Lipinski definition) is 1. The lowest BCUT2D eigenvalue weighted by Crippen LogP contribution is -2.26. The predicted octanol–water partition coefficient (Wildman–Crippen LogP) is 2.10. The number of amides is 1. The zero-order chi connectivity index (χ0) is 14.5. The molecule has 0 unspecified atom stereocenters. The van der Waals surface area contributed by atoms with Crippen LogP contribution in [-0.2, 0) is 6.54 Å². The molecule has 0 spiro atoms. The Labute approximate surface area is 118 Å². The molecule has 104 valence electrons. The summed E-state index contributed by atoms with van der Waals surface area (Å²) in [4.78, 5) is 22.5. The maximum absolute atomic E-state index is 12.3. The molecular weight excluding hydrogens is 252 g/mol.